The Bertz CT molecular complexity index is 526. The molecule has 116 valence electrons. The van der Waals surface area contributed by atoms with E-state index in [0.29, 0.717) is 6.54 Å². The first-order valence-electron chi connectivity index (χ1n) is 6.60. The van der Waals surface area contributed by atoms with Gasteiger partial charge in [0.2, 0.25) is 0 Å². The Morgan fingerprint density at radius 2 is 2.00 bits per heavy atom. The predicted molar refractivity (Wildman–Crippen MR) is 85.0 cm³/mol. The fraction of sp³-hybridized carbons (Fsp3) is 0.467. The number of amides is 2. The van der Waals surface area contributed by atoms with Crippen LogP contribution in [0.5, 0.6) is 0 Å². The lowest BCUT2D eigenvalue weighted by atomic mass is 9.87. The number of urea groups is 1. The molecule has 0 aliphatic rings. The number of carboxylic acids is 1. The molecule has 2 amide bonds. The molecule has 6 heteroatoms. The maximum Gasteiger partial charge on any atom is 0.326 e. The van der Waals surface area contributed by atoms with Crippen molar-refractivity contribution in [3.63, 3.8) is 0 Å². The molecule has 0 fully saturated rings. The monoisotopic (exact) mass is 356 g/mol. The summed E-state index contributed by atoms with van der Waals surface area (Å²) in [4.78, 5) is 24.9. The summed E-state index contributed by atoms with van der Waals surface area (Å²) in [5.74, 6) is -1.04. The molecule has 1 aromatic carbocycles. The highest BCUT2D eigenvalue weighted by Gasteiger charge is 2.33. The molecule has 0 heterocycles. The Morgan fingerprint density at radius 3 is 2.48 bits per heavy atom. The summed E-state index contributed by atoms with van der Waals surface area (Å²) in [6, 6.07) is 6.28. The summed E-state index contributed by atoms with van der Waals surface area (Å²) >= 11 is 3.38. The molecule has 2 N–H and O–H groups in total. The smallest absolute Gasteiger partial charge is 0.326 e. The van der Waals surface area contributed by atoms with Crippen molar-refractivity contribution in [3.8, 4) is 0 Å². The van der Waals surface area contributed by atoms with E-state index in [9.17, 15) is 14.7 Å². The molecule has 1 rings (SSSR count). The number of halogens is 1. The number of hydrogen-bond acceptors (Lipinski definition) is 2. The van der Waals surface area contributed by atoms with Gasteiger partial charge in [-0.15, -0.1) is 0 Å². The van der Waals surface area contributed by atoms with Gasteiger partial charge in [0.1, 0.15) is 6.04 Å². The normalized spacial score (nSPS) is 12.6. The maximum atomic E-state index is 12.1. The minimum atomic E-state index is -1.04. The molecule has 0 bridgehead atoms. The topological polar surface area (TPSA) is 69.6 Å². The second-order valence-electron chi connectivity index (χ2n) is 6.07. The molecule has 0 saturated carbocycles. The van der Waals surface area contributed by atoms with Crippen LogP contribution in [0.15, 0.2) is 28.7 Å². The highest BCUT2D eigenvalue weighted by Crippen LogP contribution is 2.20. The third-order valence-corrected chi connectivity index (χ3v) is 3.53. The standard InChI is InChI=1S/C15H21BrN2O3/c1-15(2,3)12(13(19)20)17-14(21)18(4)9-10-6-5-7-11(16)8-10/h5-8,12H,9H2,1-4H3,(H,17,21)(H,19,20)/t12-/m0/s1. The molecule has 0 aliphatic heterocycles. The molecule has 1 atom stereocenters. The summed E-state index contributed by atoms with van der Waals surface area (Å²) < 4.78 is 0.937. The number of nitrogens with one attached hydrogen (secondary N) is 1. The van der Waals surface area contributed by atoms with Crippen molar-refractivity contribution in [2.75, 3.05) is 7.05 Å². The number of rotatable bonds is 4. The first kappa shape index (κ1) is 17.5. The zero-order valence-corrected chi connectivity index (χ0v) is 14.3. The largest absolute Gasteiger partial charge is 0.480 e. The van der Waals surface area contributed by atoms with Crippen molar-refractivity contribution in [1.29, 1.82) is 0 Å². The molecule has 0 aromatic heterocycles. The van der Waals surface area contributed by atoms with Gasteiger partial charge in [-0.05, 0) is 23.1 Å². The van der Waals surface area contributed by atoms with Crippen LogP contribution in [-0.4, -0.2) is 35.1 Å². The van der Waals surface area contributed by atoms with E-state index >= 15 is 0 Å². The van der Waals surface area contributed by atoms with Gasteiger partial charge >= 0.3 is 12.0 Å². The molecular formula is C15H21BrN2O3. The van der Waals surface area contributed by atoms with Crippen LogP contribution in [-0.2, 0) is 11.3 Å². The Kier molecular flexibility index (Phi) is 5.78. The van der Waals surface area contributed by atoms with Gasteiger partial charge in [0.25, 0.3) is 0 Å². The van der Waals surface area contributed by atoms with Gasteiger partial charge in [-0.3, -0.25) is 0 Å². The Labute approximate surface area is 133 Å². The van der Waals surface area contributed by atoms with Gasteiger partial charge in [-0.25, -0.2) is 9.59 Å². The minimum Gasteiger partial charge on any atom is -0.480 e. The predicted octanol–water partition coefficient (Wildman–Crippen LogP) is 3.09. The van der Waals surface area contributed by atoms with Crippen molar-refractivity contribution in [1.82, 2.24) is 10.2 Å². The van der Waals surface area contributed by atoms with E-state index in [4.69, 9.17) is 0 Å². The number of benzene rings is 1. The zero-order valence-electron chi connectivity index (χ0n) is 12.7. The van der Waals surface area contributed by atoms with Gasteiger partial charge in [-0.1, -0.05) is 48.8 Å². The Hall–Kier alpha value is -1.56. The zero-order chi connectivity index (χ0) is 16.2. The molecule has 0 aliphatic carbocycles. The van der Waals surface area contributed by atoms with E-state index in [1.807, 2.05) is 24.3 Å². The van der Waals surface area contributed by atoms with Crippen LogP contribution in [0.4, 0.5) is 4.79 Å². The van der Waals surface area contributed by atoms with Crippen molar-refractivity contribution in [2.24, 2.45) is 5.41 Å². The van der Waals surface area contributed by atoms with Crippen LogP contribution < -0.4 is 5.32 Å². The summed E-state index contributed by atoms with van der Waals surface area (Å²) in [6.45, 7) is 5.74. The van der Waals surface area contributed by atoms with Crippen LogP contribution in [0, 0.1) is 5.41 Å². The van der Waals surface area contributed by atoms with Crippen LogP contribution in [0.25, 0.3) is 0 Å². The van der Waals surface area contributed by atoms with Gasteiger partial charge in [0.15, 0.2) is 0 Å². The van der Waals surface area contributed by atoms with Crippen LogP contribution >= 0.6 is 15.9 Å². The quantitative estimate of drug-likeness (QED) is 0.870. The first-order chi connectivity index (χ1) is 9.61. The number of carboxylic acid groups (broad SMARTS) is 1. The molecular weight excluding hydrogens is 336 g/mol. The molecule has 0 unspecified atom stereocenters. The molecule has 21 heavy (non-hydrogen) atoms. The highest BCUT2D eigenvalue weighted by atomic mass is 79.9. The van der Waals surface area contributed by atoms with Crippen molar-refractivity contribution < 1.29 is 14.7 Å². The van der Waals surface area contributed by atoms with Crippen LogP contribution in [0.2, 0.25) is 0 Å². The van der Waals surface area contributed by atoms with E-state index in [1.165, 1.54) is 4.90 Å². The van der Waals surface area contributed by atoms with Crippen molar-refractivity contribution >= 4 is 27.9 Å². The number of carbonyl (C=O) groups excluding carboxylic acids is 1. The van der Waals surface area contributed by atoms with E-state index in [-0.39, 0.29) is 0 Å². The van der Waals surface area contributed by atoms with Crippen molar-refractivity contribution in [2.45, 2.75) is 33.4 Å². The van der Waals surface area contributed by atoms with E-state index in [1.54, 1.807) is 27.8 Å². The van der Waals surface area contributed by atoms with E-state index in [2.05, 4.69) is 21.2 Å². The SMILES string of the molecule is CN(Cc1cccc(Br)c1)C(=O)N[C@@H](C(=O)O)C(C)(C)C. The van der Waals surface area contributed by atoms with Gasteiger partial charge in [0, 0.05) is 18.1 Å². The minimum absolute atomic E-state index is 0.405. The second-order valence-corrected chi connectivity index (χ2v) is 6.99. The average molecular weight is 357 g/mol. The molecule has 0 spiro atoms. The van der Waals surface area contributed by atoms with Crippen molar-refractivity contribution in [3.05, 3.63) is 34.3 Å². The molecule has 1 aromatic rings. The maximum absolute atomic E-state index is 12.1. The Morgan fingerprint density at radius 1 is 1.38 bits per heavy atom. The van der Waals surface area contributed by atoms with Gasteiger partial charge in [-0.2, -0.15) is 0 Å². The van der Waals surface area contributed by atoms with E-state index < -0.39 is 23.5 Å². The summed E-state index contributed by atoms with van der Waals surface area (Å²) in [5, 5.41) is 11.8. The lowest BCUT2D eigenvalue weighted by Crippen LogP contribution is -2.52. The third-order valence-electron chi connectivity index (χ3n) is 3.04. The average Bonchev–Trinajstić information content (AvgIpc) is 2.33. The van der Waals surface area contributed by atoms with E-state index in [0.717, 1.165) is 10.0 Å². The number of aliphatic carboxylic acids is 1. The van der Waals surface area contributed by atoms with Gasteiger partial charge < -0.3 is 15.3 Å². The fourth-order valence-electron chi connectivity index (χ4n) is 1.86. The highest BCUT2D eigenvalue weighted by molar-refractivity contribution is 9.10. The fourth-order valence-corrected chi connectivity index (χ4v) is 2.31. The lowest BCUT2D eigenvalue weighted by molar-refractivity contribution is -0.142. The lowest BCUT2D eigenvalue weighted by Gasteiger charge is -2.29. The number of nitrogens with zero attached hydrogens (tertiary/aromatic N) is 1. The molecule has 0 radical (unpaired) electrons. The third kappa shape index (κ3) is 5.38. The Balaban J connectivity index is 2.72. The molecule has 5 nitrogen and oxygen atoms in total. The number of carbonyl (C=O) groups is 2. The van der Waals surface area contributed by atoms with Gasteiger partial charge in [0.05, 0.1) is 0 Å². The summed E-state index contributed by atoms with van der Waals surface area (Å²) in [7, 11) is 1.64. The summed E-state index contributed by atoms with van der Waals surface area (Å²) in [6.07, 6.45) is 0. The van der Waals surface area contributed by atoms with Crippen LogP contribution in [0.1, 0.15) is 26.3 Å². The second kappa shape index (κ2) is 6.93. The molecule has 0 saturated heterocycles. The summed E-state index contributed by atoms with van der Waals surface area (Å²) in [5.41, 5.74) is 0.405. The first-order valence-corrected chi connectivity index (χ1v) is 7.39. The number of hydrogen-bond donors (Lipinski definition) is 2. The van der Waals surface area contributed by atoms with Crippen LogP contribution in [0.3, 0.4) is 0 Å².